The Kier molecular flexibility index (Phi) is 3.61. The number of amides is 2. The number of benzene rings is 1. The smallest absolute Gasteiger partial charge is 0.240 e. The summed E-state index contributed by atoms with van der Waals surface area (Å²) in [5.41, 5.74) is 6.32. The zero-order chi connectivity index (χ0) is 15.2. The van der Waals surface area contributed by atoms with E-state index in [4.69, 9.17) is 18.0 Å². The normalized spacial score (nSPS) is 20.5. The predicted octanol–water partition coefficient (Wildman–Crippen LogP) is 2.91. The van der Waals surface area contributed by atoms with Crippen LogP contribution in [0.2, 0.25) is 0 Å². The van der Waals surface area contributed by atoms with Crippen molar-refractivity contribution in [3.05, 3.63) is 28.2 Å². The predicted molar refractivity (Wildman–Crippen MR) is 88.0 cm³/mol. The molecule has 0 atom stereocenters. The van der Waals surface area contributed by atoms with E-state index in [1.807, 2.05) is 0 Å². The molecule has 4 nitrogen and oxygen atoms in total. The Morgan fingerprint density at radius 2 is 1.95 bits per heavy atom. The van der Waals surface area contributed by atoms with Gasteiger partial charge in [0, 0.05) is 16.5 Å². The highest BCUT2D eigenvalue weighted by Crippen LogP contribution is 2.48. The van der Waals surface area contributed by atoms with Crippen LogP contribution in [0.15, 0.2) is 22.7 Å². The summed E-state index contributed by atoms with van der Waals surface area (Å²) in [5.74, 6) is -0.244. The summed E-state index contributed by atoms with van der Waals surface area (Å²) in [7, 11) is 0. The van der Waals surface area contributed by atoms with Crippen LogP contribution in [0.25, 0.3) is 0 Å². The molecule has 3 rings (SSSR count). The van der Waals surface area contributed by atoms with Crippen molar-refractivity contribution in [1.82, 2.24) is 0 Å². The minimum atomic E-state index is -0.488. The van der Waals surface area contributed by atoms with E-state index < -0.39 is 5.41 Å². The van der Waals surface area contributed by atoms with Crippen molar-refractivity contribution in [2.45, 2.75) is 32.1 Å². The van der Waals surface area contributed by atoms with E-state index in [-0.39, 0.29) is 16.8 Å². The lowest BCUT2D eigenvalue weighted by Gasteiger charge is -2.22. The third kappa shape index (κ3) is 2.30. The van der Waals surface area contributed by atoms with Gasteiger partial charge in [-0.25, -0.2) is 4.90 Å². The third-order valence-corrected chi connectivity index (χ3v) is 5.13. The van der Waals surface area contributed by atoms with Crippen molar-refractivity contribution in [3.8, 4) is 0 Å². The molecule has 1 aliphatic carbocycles. The number of carbonyl (C=O) groups excluding carboxylic acids is 2. The number of carbonyl (C=O) groups is 2. The highest BCUT2D eigenvalue weighted by Gasteiger charge is 2.53. The zero-order valence-corrected chi connectivity index (χ0v) is 13.8. The van der Waals surface area contributed by atoms with Crippen LogP contribution >= 0.6 is 28.1 Å². The van der Waals surface area contributed by atoms with Crippen molar-refractivity contribution in [3.63, 3.8) is 0 Å². The molecule has 1 saturated heterocycles. The Labute approximate surface area is 136 Å². The second-order valence-electron chi connectivity index (χ2n) is 5.72. The maximum atomic E-state index is 12.8. The maximum Gasteiger partial charge on any atom is 0.240 e. The van der Waals surface area contributed by atoms with Crippen LogP contribution in [0, 0.1) is 5.41 Å². The van der Waals surface area contributed by atoms with Crippen molar-refractivity contribution in [1.29, 1.82) is 0 Å². The number of anilines is 1. The molecule has 1 aromatic rings. The summed E-state index contributed by atoms with van der Waals surface area (Å²) >= 11 is 8.42. The van der Waals surface area contributed by atoms with Crippen molar-refractivity contribution >= 4 is 50.6 Å². The van der Waals surface area contributed by atoms with Crippen molar-refractivity contribution < 1.29 is 9.59 Å². The Morgan fingerprint density at radius 3 is 2.57 bits per heavy atom. The van der Waals surface area contributed by atoms with Crippen LogP contribution in [-0.2, 0) is 9.59 Å². The van der Waals surface area contributed by atoms with Gasteiger partial charge in [0.25, 0.3) is 0 Å². The van der Waals surface area contributed by atoms with Gasteiger partial charge in [-0.3, -0.25) is 9.59 Å². The minimum absolute atomic E-state index is 0.0928. The van der Waals surface area contributed by atoms with Crippen LogP contribution < -0.4 is 10.6 Å². The summed E-state index contributed by atoms with van der Waals surface area (Å²) in [6, 6.07) is 5.26. The SMILES string of the molecule is NC(=S)c1cc(Br)ccc1N1C(=O)CC2(CCCC2)C1=O. The number of hydrogen-bond acceptors (Lipinski definition) is 3. The number of halogens is 1. The fourth-order valence-electron chi connectivity index (χ4n) is 3.38. The van der Waals surface area contributed by atoms with Gasteiger partial charge in [-0.05, 0) is 31.0 Å². The van der Waals surface area contributed by atoms with Crippen LogP contribution in [0.3, 0.4) is 0 Å². The first-order chi connectivity index (χ1) is 9.94. The summed E-state index contributed by atoms with van der Waals surface area (Å²) in [6.45, 7) is 0. The lowest BCUT2D eigenvalue weighted by molar-refractivity contribution is -0.125. The molecule has 2 N–H and O–H groups in total. The molecule has 1 heterocycles. The van der Waals surface area contributed by atoms with Gasteiger partial charge in [-0.15, -0.1) is 0 Å². The quantitative estimate of drug-likeness (QED) is 0.645. The second-order valence-corrected chi connectivity index (χ2v) is 7.08. The number of thiocarbonyl (C=S) groups is 1. The maximum absolute atomic E-state index is 12.8. The van der Waals surface area contributed by atoms with Gasteiger partial charge in [0.1, 0.15) is 4.99 Å². The molecule has 0 radical (unpaired) electrons. The number of nitrogens with two attached hydrogens (primary N) is 1. The summed E-state index contributed by atoms with van der Waals surface area (Å²) in [5, 5.41) is 0. The molecular weight excluding hydrogens is 352 g/mol. The van der Waals surface area contributed by atoms with Gasteiger partial charge < -0.3 is 5.73 Å². The van der Waals surface area contributed by atoms with Gasteiger partial charge in [-0.1, -0.05) is 41.0 Å². The van der Waals surface area contributed by atoms with E-state index in [2.05, 4.69) is 15.9 Å². The molecule has 2 amide bonds. The van der Waals surface area contributed by atoms with Crippen LogP contribution in [0.5, 0.6) is 0 Å². The topological polar surface area (TPSA) is 63.4 Å². The Hall–Kier alpha value is -1.27. The standard InChI is InChI=1S/C15H15BrN2O2S/c16-9-3-4-11(10(7-9)13(17)21)18-12(19)8-15(14(18)20)5-1-2-6-15/h3-4,7H,1-2,5-6,8H2,(H2,17,21). The van der Waals surface area contributed by atoms with Crippen molar-refractivity contribution in [2.75, 3.05) is 4.90 Å². The van der Waals surface area contributed by atoms with Crippen molar-refractivity contribution in [2.24, 2.45) is 11.1 Å². The summed E-state index contributed by atoms with van der Waals surface area (Å²) < 4.78 is 0.809. The van der Waals surface area contributed by atoms with E-state index in [9.17, 15) is 9.59 Å². The number of hydrogen-bond donors (Lipinski definition) is 1. The molecule has 2 aliphatic rings. The Morgan fingerprint density at radius 1 is 1.29 bits per heavy atom. The first-order valence-corrected chi connectivity index (χ1v) is 8.11. The molecule has 1 aliphatic heterocycles. The van der Waals surface area contributed by atoms with Crippen LogP contribution in [0.1, 0.15) is 37.7 Å². The van der Waals surface area contributed by atoms with E-state index in [1.54, 1.807) is 18.2 Å². The molecule has 2 fully saturated rings. The molecule has 6 heteroatoms. The van der Waals surface area contributed by atoms with E-state index >= 15 is 0 Å². The van der Waals surface area contributed by atoms with Gasteiger partial charge in [0.2, 0.25) is 11.8 Å². The molecule has 21 heavy (non-hydrogen) atoms. The van der Waals surface area contributed by atoms with Crippen LogP contribution in [-0.4, -0.2) is 16.8 Å². The molecule has 0 aromatic heterocycles. The lowest BCUT2D eigenvalue weighted by Crippen LogP contribution is -2.35. The molecule has 1 saturated carbocycles. The molecule has 110 valence electrons. The average Bonchev–Trinajstić information content (AvgIpc) is 2.98. The second kappa shape index (κ2) is 5.18. The molecular formula is C15H15BrN2O2S. The fraction of sp³-hybridized carbons (Fsp3) is 0.400. The Bertz CT molecular complexity index is 653. The van der Waals surface area contributed by atoms with E-state index in [1.165, 1.54) is 4.90 Å². The van der Waals surface area contributed by atoms with Gasteiger partial charge in [0.15, 0.2) is 0 Å². The molecule has 0 unspecified atom stereocenters. The van der Waals surface area contributed by atoms with Gasteiger partial charge >= 0.3 is 0 Å². The lowest BCUT2D eigenvalue weighted by atomic mass is 9.84. The molecule has 1 spiro atoms. The first-order valence-electron chi connectivity index (χ1n) is 6.91. The third-order valence-electron chi connectivity index (χ3n) is 4.42. The number of rotatable bonds is 2. The first kappa shape index (κ1) is 14.7. The fourth-order valence-corrected chi connectivity index (χ4v) is 3.91. The van der Waals surface area contributed by atoms with Gasteiger partial charge in [0.05, 0.1) is 11.1 Å². The monoisotopic (exact) mass is 366 g/mol. The van der Waals surface area contributed by atoms with Crippen LogP contribution in [0.4, 0.5) is 5.69 Å². The molecule has 0 bridgehead atoms. The largest absolute Gasteiger partial charge is 0.389 e. The summed E-state index contributed by atoms with van der Waals surface area (Å²) in [4.78, 5) is 26.7. The van der Waals surface area contributed by atoms with E-state index in [0.717, 1.165) is 30.2 Å². The number of imide groups is 1. The number of nitrogens with zero attached hydrogens (tertiary/aromatic N) is 1. The highest BCUT2D eigenvalue weighted by atomic mass is 79.9. The minimum Gasteiger partial charge on any atom is -0.389 e. The van der Waals surface area contributed by atoms with E-state index in [0.29, 0.717) is 17.7 Å². The van der Waals surface area contributed by atoms with Gasteiger partial charge in [-0.2, -0.15) is 0 Å². The summed E-state index contributed by atoms with van der Waals surface area (Å²) in [6.07, 6.45) is 3.92. The zero-order valence-electron chi connectivity index (χ0n) is 11.4. The highest BCUT2D eigenvalue weighted by molar-refractivity contribution is 9.10. The molecule has 1 aromatic carbocycles. The Balaban J connectivity index is 2.07. The average molecular weight is 367 g/mol.